The minimum Gasteiger partial charge on any atom is -0.493 e. The Morgan fingerprint density at radius 3 is 2.24 bits per heavy atom. The highest BCUT2D eigenvalue weighted by molar-refractivity contribution is 7.09. The van der Waals surface area contributed by atoms with Crippen LogP contribution in [0.25, 0.3) is 0 Å². The largest absolute Gasteiger partial charge is 0.493 e. The highest BCUT2D eigenvalue weighted by Crippen LogP contribution is 2.38. The van der Waals surface area contributed by atoms with Gasteiger partial charge in [-0.15, -0.1) is 0 Å². The van der Waals surface area contributed by atoms with E-state index in [1.807, 2.05) is 39.8 Å². The predicted molar refractivity (Wildman–Crippen MR) is 143 cm³/mol. The number of aromatic nitrogens is 1. The van der Waals surface area contributed by atoms with Gasteiger partial charge in [0.2, 0.25) is 5.91 Å². The second-order valence-electron chi connectivity index (χ2n) is 9.36. The first kappa shape index (κ1) is 27.5. The fourth-order valence-corrected chi connectivity index (χ4v) is 4.56. The van der Waals surface area contributed by atoms with Crippen LogP contribution in [0.4, 0.5) is 11.4 Å². The van der Waals surface area contributed by atoms with E-state index < -0.39 is 29.3 Å². The monoisotopic (exact) mass is 525 g/mol. The maximum Gasteiger partial charge on any atom is 0.273 e. The molecular weight excluding hydrogens is 494 g/mol. The van der Waals surface area contributed by atoms with Gasteiger partial charge in [-0.2, -0.15) is 4.37 Å². The number of nitrogens with zero attached hydrogens (tertiary/aromatic N) is 2. The highest BCUT2D eigenvalue weighted by Gasteiger charge is 2.38. The van der Waals surface area contributed by atoms with Gasteiger partial charge in [-0.05, 0) is 68.6 Å². The number of hydrogen-bond acceptors (Lipinski definition) is 8. The molecule has 0 saturated carbocycles. The van der Waals surface area contributed by atoms with E-state index in [0.29, 0.717) is 22.7 Å². The molecular formula is C26H31N5O5S. The maximum absolute atomic E-state index is 14.1. The van der Waals surface area contributed by atoms with Crippen LogP contribution in [-0.2, 0) is 4.79 Å². The summed E-state index contributed by atoms with van der Waals surface area (Å²) in [4.78, 5) is 41.1. The van der Waals surface area contributed by atoms with Crippen LogP contribution in [0.1, 0.15) is 58.1 Å². The number of carbonyl (C=O) groups excluding carboxylic acids is 3. The first-order chi connectivity index (χ1) is 17.4. The van der Waals surface area contributed by atoms with Crippen molar-refractivity contribution >= 4 is 40.6 Å². The molecule has 1 atom stereocenters. The first-order valence-corrected chi connectivity index (χ1v) is 12.1. The molecule has 0 spiro atoms. The topological polar surface area (TPSA) is 150 Å². The molecule has 3 aromatic rings. The number of carbonyl (C=O) groups is 3. The van der Waals surface area contributed by atoms with Crippen LogP contribution in [0.3, 0.4) is 0 Å². The Morgan fingerprint density at radius 2 is 1.70 bits per heavy atom. The number of nitrogens with one attached hydrogen (secondary N) is 1. The van der Waals surface area contributed by atoms with E-state index in [1.165, 1.54) is 19.1 Å². The molecule has 0 aliphatic heterocycles. The summed E-state index contributed by atoms with van der Waals surface area (Å²) < 4.78 is 14.8. The summed E-state index contributed by atoms with van der Waals surface area (Å²) >= 11 is 0.749. The molecule has 0 fully saturated rings. The number of primary amides is 1. The van der Waals surface area contributed by atoms with Gasteiger partial charge in [0.1, 0.15) is 10.9 Å². The van der Waals surface area contributed by atoms with Crippen molar-refractivity contribution in [2.24, 2.45) is 5.73 Å². The van der Waals surface area contributed by atoms with Crippen LogP contribution < -0.4 is 31.2 Å². The van der Waals surface area contributed by atoms with Gasteiger partial charge >= 0.3 is 0 Å². The Morgan fingerprint density at radius 1 is 1.05 bits per heavy atom. The number of benzene rings is 2. The molecule has 0 unspecified atom stereocenters. The van der Waals surface area contributed by atoms with Crippen molar-refractivity contribution < 1.29 is 23.9 Å². The molecule has 1 heterocycles. The molecule has 2 aromatic carbocycles. The lowest BCUT2D eigenvalue weighted by Crippen LogP contribution is -2.49. The van der Waals surface area contributed by atoms with Gasteiger partial charge in [0, 0.05) is 11.2 Å². The summed E-state index contributed by atoms with van der Waals surface area (Å²) in [6.45, 7) is 7.36. The van der Waals surface area contributed by atoms with E-state index in [-0.39, 0.29) is 16.3 Å². The van der Waals surface area contributed by atoms with Gasteiger partial charge in [0.25, 0.3) is 11.8 Å². The van der Waals surface area contributed by atoms with Gasteiger partial charge < -0.3 is 26.3 Å². The second kappa shape index (κ2) is 10.9. The molecule has 0 aliphatic carbocycles. The number of anilines is 2. The number of nitrogens with two attached hydrogens (primary N) is 2. The third-order valence-corrected chi connectivity index (χ3v) is 6.33. The van der Waals surface area contributed by atoms with Crippen molar-refractivity contribution in [2.45, 2.75) is 39.3 Å². The van der Waals surface area contributed by atoms with Crippen molar-refractivity contribution in [3.05, 3.63) is 64.2 Å². The molecule has 11 heteroatoms. The fraction of sp³-hybridized carbons (Fsp3) is 0.308. The number of nitrogen functional groups attached to an aromatic ring is 1. The van der Waals surface area contributed by atoms with Gasteiger partial charge in [0.15, 0.2) is 17.2 Å². The van der Waals surface area contributed by atoms with E-state index >= 15 is 0 Å². The second-order valence-corrected chi connectivity index (χ2v) is 10.1. The Kier molecular flexibility index (Phi) is 8.07. The van der Waals surface area contributed by atoms with Crippen LogP contribution in [0, 0.1) is 6.92 Å². The number of methoxy groups -OCH3 is 2. The lowest BCUT2D eigenvalue weighted by atomic mass is 9.99. The van der Waals surface area contributed by atoms with Crippen LogP contribution in [0.5, 0.6) is 11.5 Å². The SMILES string of the molecule is COc1ccc([C@H](C(=O)NC(C)(C)C)N(C(=O)c2snc(C(N)=O)c2N)c2ccccc2C)cc1OC. The van der Waals surface area contributed by atoms with Crippen molar-refractivity contribution in [1.82, 2.24) is 9.69 Å². The summed E-state index contributed by atoms with van der Waals surface area (Å²) in [6, 6.07) is 11.0. The highest BCUT2D eigenvalue weighted by atomic mass is 32.1. The maximum atomic E-state index is 14.1. The molecule has 37 heavy (non-hydrogen) atoms. The number of ether oxygens (including phenoxy) is 2. The summed E-state index contributed by atoms with van der Waals surface area (Å²) in [7, 11) is 2.99. The van der Waals surface area contributed by atoms with Crippen molar-refractivity contribution in [1.29, 1.82) is 0 Å². The van der Waals surface area contributed by atoms with Crippen molar-refractivity contribution in [3.63, 3.8) is 0 Å². The van der Waals surface area contributed by atoms with E-state index in [1.54, 1.807) is 30.3 Å². The van der Waals surface area contributed by atoms with E-state index in [9.17, 15) is 14.4 Å². The standard InChI is InChI=1S/C26H31N5O5S/c1-14-9-7-8-10-16(14)31(25(34)22-19(27)20(23(28)32)30-37-22)21(24(33)29-26(2,3)4)15-11-12-17(35-5)18(13-15)36-6/h7-13,21H,27H2,1-6H3,(H2,28,32)(H,29,33)/t21-/m1/s1. The molecule has 0 radical (unpaired) electrons. The minimum absolute atomic E-state index is 0.00825. The average Bonchev–Trinajstić information content (AvgIpc) is 3.22. The molecule has 196 valence electrons. The summed E-state index contributed by atoms with van der Waals surface area (Å²) in [5, 5.41) is 2.98. The Hall–Kier alpha value is -4.12. The van der Waals surface area contributed by atoms with Crippen LogP contribution in [0.2, 0.25) is 0 Å². The van der Waals surface area contributed by atoms with E-state index in [4.69, 9.17) is 20.9 Å². The van der Waals surface area contributed by atoms with Gasteiger partial charge in [-0.25, -0.2) is 0 Å². The third kappa shape index (κ3) is 5.83. The number of hydrogen-bond donors (Lipinski definition) is 3. The van der Waals surface area contributed by atoms with Gasteiger partial charge in [-0.3, -0.25) is 19.3 Å². The zero-order chi connectivity index (χ0) is 27.5. The molecule has 5 N–H and O–H groups in total. The molecule has 10 nitrogen and oxygen atoms in total. The quantitative estimate of drug-likeness (QED) is 0.408. The Bertz CT molecular complexity index is 1330. The van der Waals surface area contributed by atoms with E-state index in [2.05, 4.69) is 9.69 Å². The van der Waals surface area contributed by atoms with Gasteiger partial charge in [0.05, 0.1) is 19.9 Å². The molecule has 0 bridgehead atoms. The molecule has 3 amide bonds. The third-order valence-electron chi connectivity index (χ3n) is 5.48. The number of aryl methyl sites for hydroxylation is 1. The van der Waals surface area contributed by atoms with Crippen molar-refractivity contribution in [2.75, 3.05) is 24.9 Å². The molecule has 0 aliphatic rings. The predicted octanol–water partition coefficient (Wildman–Crippen LogP) is 3.45. The Balaban J connectivity index is 2.30. The number of amides is 3. The normalized spacial score (nSPS) is 11.9. The first-order valence-electron chi connectivity index (χ1n) is 11.4. The summed E-state index contributed by atoms with van der Waals surface area (Å²) in [6.07, 6.45) is 0. The lowest BCUT2D eigenvalue weighted by Gasteiger charge is -2.34. The minimum atomic E-state index is -1.15. The fourth-order valence-electron chi connectivity index (χ4n) is 3.82. The van der Waals surface area contributed by atoms with Crippen molar-refractivity contribution in [3.8, 4) is 11.5 Å². The average molecular weight is 526 g/mol. The van der Waals surface area contributed by atoms with Gasteiger partial charge in [-0.1, -0.05) is 24.3 Å². The Labute approximate surface area is 219 Å². The smallest absolute Gasteiger partial charge is 0.273 e. The van der Waals surface area contributed by atoms with Crippen LogP contribution in [0.15, 0.2) is 42.5 Å². The molecule has 0 saturated heterocycles. The number of rotatable bonds is 8. The summed E-state index contributed by atoms with van der Waals surface area (Å²) in [5.41, 5.74) is 12.2. The number of para-hydroxylation sites is 1. The van der Waals surface area contributed by atoms with Crippen LogP contribution >= 0.6 is 11.5 Å². The van der Waals surface area contributed by atoms with E-state index in [0.717, 1.165) is 17.1 Å². The van der Waals surface area contributed by atoms with Crippen LogP contribution in [-0.4, -0.2) is 41.9 Å². The molecule has 1 aromatic heterocycles. The zero-order valence-corrected chi connectivity index (χ0v) is 22.4. The lowest BCUT2D eigenvalue weighted by molar-refractivity contribution is -0.123. The zero-order valence-electron chi connectivity index (χ0n) is 21.6. The molecule has 3 rings (SSSR count). The summed E-state index contributed by atoms with van der Waals surface area (Å²) in [5.74, 6) is -1.04.